The summed E-state index contributed by atoms with van der Waals surface area (Å²) in [6.45, 7) is 7.90. The number of nitrogens with two attached hydrogens (primary N) is 1. The second-order valence-electron chi connectivity index (χ2n) is 4.91. The van der Waals surface area contributed by atoms with Crippen LogP contribution in [0.5, 0.6) is 0 Å². The molecule has 1 fully saturated rings. The summed E-state index contributed by atoms with van der Waals surface area (Å²) in [5.74, 6) is -0.0766. The van der Waals surface area contributed by atoms with Crippen molar-refractivity contribution in [2.24, 2.45) is 11.7 Å². The molecule has 0 spiro atoms. The third-order valence-electron chi connectivity index (χ3n) is 3.66. The quantitative estimate of drug-likeness (QED) is 0.590. The maximum atomic E-state index is 10.7. The minimum Gasteiger partial charge on any atom is -0.382 e. The topological polar surface area (TPSA) is 78.6 Å². The van der Waals surface area contributed by atoms with Gasteiger partial charge in [-0.2, -0.15) is 0 Å². The molecule has 1 aliphatic heterocycles. The number of piperidine rings is 1. The van der Waals surface area contributed by atoms with Crippen LogP contribution in [0.25, 0.3) is 0 Å². The van der Waals surface area contributed by atoms with Crippen LogP contribution in [0.3, 0.4) is 0 Å². The molecule has 17 heavy (non-hydrogen) atoms. The van der Waals surface area contributed by atoms with Gasteiger partial charge in [0.25, 0.3) is 0 Å². The van der Waals surface area contributed by atoms with E-state index in [0.29, 0.717) is 12.0 Å². The van der Waals surface area contributed by atoms with E-state index in [1.807, 2.05) is 0 Å². The van der Waals surface area contributed by atoms with Gasteiger partial charge >= 0.3 is 0 Å². The van der Waals surface area contributed by atoms with E-state index in [0.717, 1.165) is 13.1 Å². The van der Waals surface area contributed by atoms with Crippen molar-refractivity contribution < 1.29 is 9.90 Å². The lowest BCUT2D eigenvalue weighted by molar-refractivity contribution is -0.125. The van der Waals surface area contributed by atoms with E-state index in [4.69, 9.17) is 5.73 Å². The van der Waals surface area contributed by atoms with Crippen LogP contribution in [-0.2, 0) is 4.79 Å². The van der Waals surface area contributed by atoms with Gasteiger partial charge < -0.3 is 21.1 Å². The number of rotatable bonds is 6. The van der Waals surface area contributed by atoms with Gasteiger partial charge in [-0.05, 0) is 38.8 Å². The van der Waals surface area contributed by atoms with E-state index >= 15 is 0 Å². The van der Waals surface area contributed by atoms with Crippen LogP contribution in [0, 0.1) is 5.92 Å². The van der Waals surface area contributed by atoms with Gasteiger partial charge in [0.2, 0.25) is 5.91 Å². The zero-order chi connectivity index (χ0) is 12.8. The predicted octanol–water partition coefficient (Wildman–Crippen LogP) is -0.457. The molecular formula is C12H25N3O2. The number of primary amides is 1. The van der Waals surface area contributed by atoms with E-state index in [-0.39, 0.29) is 6.54 Å². The highest BCUT2D eigenvalue weighted by Gasteiger charge is 2.24. The molecule has 1 rings (SSSR count). The highest BCUT2D eigenvalue weighted by molar-refractivity contribution is 5.78. The number of aliphatic hydroxyl groups is 1. The van der Waals surface area contributed by atoms with Gasteiger partial charge in [0.15, 0.2) is 0 Å². The number of aliphatic hydroxyl groups excluding tert-OH is 1. The lowest BCUT2D eigenvalue weighted by Gasteiger charge is -2.35. The number of nitrogens with one attached hydrogen (secondary N) is 1. The molecule has 0 aromatic heterocycles. The van der Waals surface area contributed by atoms with Crippen LogP contribution in [0.15, 0.2) is 0 Å². The first-order valence-electron chi connectivity index (χ1n) is 6.47. The normalized spacial score (nSPS) is 25.5. The van der Waals surface area contributed by atoms with Crippen molar-refractivity contribution in [2.75, 3.05) is 26.2 Å². The zero-order valence-corrected chi connectivity index (χ0v) is 10.9. The number of nitrogens with zero attached hydrogens (tertiary/aromatic N) is 1. The molecule has 0 radical (unpaired) electrons. The number of carbonyl (C=O) groups excluding carboxylic acids is 1. The standard InChI is InChI=1S/C12H25N3O2/c1-3-15-6-4-5-10(8-15)9(2)14-7-11(16)12(13)17/h9-11,14,16H,3-8H2,1-2H3,(H2,13,17). The van der Waals surface area contributed by atoms with Crippen molar-refractivity contribution in [1.82, 2.24) is 10.2 Å². The third-order valence-corrected chi connectivity index (χ3v) is 3.66. The summed E-state index contributed by atoms with van der Waals surface area (Å²) < 4.78 is 0. The SMILES string of the molecule is CCN1CCCC(C(C)NCC(O)C(N)=O)C1. The van der Waals surface area contributed by atoms with E-state index in [1.54, 1.807) is 0 Å². The Balaban J connectivity index is 2.31. The molecule has 4 N–H and O–H groups in total. The Kier molecular flexibility index (Phi) is 5.88. The number of carbonyl (C=O) groups is 1. The van der Waals surface area contributed by atoms with Crippen LogP contribution >= 0.6 is 0 Å². The smallest absolute Gasteiger partial charge is 0.247 e. The van der Waals surface area contributed by atoms with Crippen LogP contribution in [0.4, 0.5) is 0 Å². The minimum absolute atomic E-state index is 0.249. The molecule has 1 heterocycles. The molecule has 1 amide bonds. The molecule has 3 atom stereocenters. The number of likely N-dealkylation sites (tertiary alicyclic amines) is 1. The minimum atomic E-state index is -1.08. The van der Waals surface area contributed by atoms with E-state index in [2.05, 4.69) is 24.1 Å². The number of hydrogen-bond acceptors (Lipinski definition) is 4. The monoisotopic (exact) mass is 243 g/mol. The van der Waals surface area contributed by atoms with Crippen LogP contribution < -0.4 is 11.1 Å². The lowest BCUT2D eigenvalue weighted by atomic mass is 9.91. The second kappa shape index (κ2) is 6.93. The van der Waals surface area contributed by atoms with Gasteiger partial charge in [0.05, 0.1) is 0 Å². The number of amides is 1. The lowest BCUT2D eigenvalue weighted by Crippen LogP contribution is -2.47. The summed E-state index contributed by atoms with van der Waals surface area (Å²) in [5, 5.41) is 12.5. The Hall–Kier alpha value is -0.650. The first kappa shape index (κ1) is 14.4. The first-order chi connectivity index (χ1) is 8.04. The largest absolute Gasteiger partial charge is 0.382 e. The van der Waals surface area contributed by atoms with Gasteiger partial charge in [-0.3, -0.25) is 4.79 Å². The van der Waals surface area contributed by atoms with Gasteiger partial charge in [0, 0.05) is 19.1 Å². The Morgan fingerprint density at radius 2 is 2.35 bits per heavy atom. The maximum Gasteiger partial charge on any atom is 0.247 e. The van der Waals surface area contributed by atoms with E-state index < -0.39 is 12.0 Å². The van der Waals surface area contributed by atoms with Crippen molar-refractivity contribution in [1.29, 1.82) is 0 Å². The zero-order valence-electron chi connectivity index (χ0n) is 10.9. The van der Waals surface area contributed by atoms with Crippen molar-refractivity contribution in [2.45, 2.75) is 38.8 Å². The average Bonchev–Trinajstić information content (AvgIpc) is 2.35. The molecule has 5 nitrogen and oxygen atoms in total. The molecule has 100 valence electrons. The van der Waals surface area contributed by atoms with Gasteiger partial charge in [-0.15, -0.1) is 0 Å². The fourth-order valence-electron chi connectivity index (χ4n) is 2.35. The molecular weight excluding hydrogens is 218 g/mol. The molecule has 0 aromatic rings. The van der Waals surface area contributed by atoms with E-state index in [9.17, 15) is 9.90 Å². The summed E-state index contributed by atoms with van der Waals surface area (Å²) in [6, 6.07) is 0.304. The Morgan fingerprint density at radius 1 is 1.65 bits per heavy atom. The molecule has 0 saturated carbocycles. The summed E-state index contributed by atoms with van der Waals surface area (Å²) >= 11 is 0. The molecule has 0 aromatic carbocycles. The van der Waals surface area contributed by atoms with E-state index in [1.165, 1.54) is 19.4 Å². The predicted molar refractivity (Wildman–Crippen MR) is 67.5 cm³/mol. The highest BCUT2D eigenvalue weighted by Crippen LogP contribution is 2.19. The van der Waals surface area contributed by atoms with Crippen molar-refractivity contribution in [3.63, 3.8) is 0 Å². The summed E-state index contributed by atoms with van der Waals surface area (Å²) in [7, 11) is 0. The molecule has 5 heteroatoms. The van der Waals surface area contributed by atoms with Crippen LogP contribution in [-0.4, -0.2) is 54.2 Å². The highest BCUT2D eigenvalue weighted by atomic mass is 16.3. The van der Waals surface area contributed by atoms with Crippen molar-refractivity contribution in [3.05, 3.63) is 0 Å². The van der Waals surface area contributed by atoms with Crippen LogP contribution in [0.1, 0.15) is 26.7 Å². The van der Waals surface area contributed by atoms with Gasteiger partial charge in [-0.1, -0.05) is 6.92 Å². The Bertz CT molecular complexity index is 248. The molecule has 0 bridgehead atoms. The Morgan fingerprint density at radius 3 is 2.94 bits per heavy atom. The first-order valence-corrected chi connectivity index (χ1v) is 6.47. The summed E-state index contributed by atoms with van der Waals surface area (Å²) in [5.41, 5.74) is 5.01. The molecule has 1 saturated heterocycles. The average molecular weight is 243 g/mol. The fraction of sp³-hybridized carbons (Fsp3) is 0.917. The summed E-state index contributed by atoms with van der Waals surface area (Å²) in [4.78, 5) is 13.2. The molecule has 0 aliphatic carbocycles. The van der Waals surface area contributed by atoms with Gasteiger partial charge in [-0.25, -0.2) is 0 Å². The van der Waals surface area contributed by atoms with Crippen LogP contribution in [0.2, 0.25) is 0 Å². The molecule has 3 unspecified atom stereocenters. The molecule has 1 aliphatic rings. The third kappa shape index (κ3) is 4.61. The fourth-order valence-corrected chi connectivity index (χ4v) is 2.35. The maximum absolute atomic E-state index is 10.7. The summed E-state index contributed by atoms with van der Waals surface area (Å²) in [6.07, 6.45) is 1.35. The van der Waals surface area contributed by atoms with Gasteiger partial charge in [0.1, 0.15) is 6.10 Å². The second-order valence-corrected chi connectivity index (χ2v) is 4.91. The van der Waals surface area contributed by atoms with Crippen molar-refractivity contribution in [3.8, 4) is 0 Å². The van der Waals surface area contributed by atoms with Crippen molar-refractivity contribution >= 4 is 5.91 Å². The Labute approximate surface area is 103 Å². The number of hydrogen-bond donors (Lipinski definition) is 3.